The zero-order valence-corrected chi connectivity index (χ0v) is 8.34. The molecule has 0 aliphatic carbocycles. The van der Waals surface area contributed by atoms with Gasteiger partial charge in [0.25, 0.3) is 0 Å². The van der Waals surface area contributed by atoms with Crippen molar-refractivity contribution in [1.82, 2.24) is 10.2 Å². The predicted octanol–water partition coefficient (Wildman–Crippen LogP) is 2.87. The quantitative estimate of drug-likeness (QED) is 0.526. The standard InChI is InChI=1S/C11H18N2/c1-3-5-6-8-10-9-12-13-11(10)7-4-2/h4,9H,2-3,5-8H2,1H3,(H,12,13). The molecule has 0 saturated carbocycles. The van der Waals surface area contributed by atoms with E-state index in [2.05, 4.69) is 23.7 Å². The molecule has 0 spiro atoms. The Morgan fingerprint density at radius 2 is 2.38 bits per heavy atom. The number of aromatic amines is 1. The second-order valence-electron chi connectivity index (χ2n) is 3.32. The van der Waals surface area contributed by atoms with Crippen LogP contribution in [-0.2, 0) is 12.8 Å². The summed E-state index contributed by atoms with van der Waals surface area (Å²) in [4.78, 5) is 0. The van der Waals surface area contributed by atoms with Gasteiger partial charge in [0.2, 0.25) is 0 Å². The fourth-order valence-electron chi connectivity index (χ4n) is 1.44. The second kappa shape index (κ2) is 5.57. The Balaban J connectivity index is 2.44. The molecular formula is C11H18N2. The summed E-state index contributed by atoms with van der Waals surface area (Å²) >= 11 is 0. The minimum Gasteiger partial charge on any atom is -0.282 e. The van der Waals surface area contributed by atoms with Gasteiger partial charge >= 0.3 is 0 Å². The van der Waals surface area contributed by atoms with E-state index in [0.717, 1.165) is 12.8 Å². The van der Waals surface area contributed by atoms with Gasteiger partial charge in [0.15, 0.2) is 0 Å². The maximum Gasteiger partial charge on any atom is 0.0522 e. The number of H-pyrrole nitrogens is 1. The van der Waals surface area contributed by atoms with Gasteiger partial charge in [-0.3, -0.25) is 5.10 Å². The molecule has 1 rings (SSSR count). The molecule has 0 bridgehead atoms. The first-order valence-corrected chi connectivity index (χ1v) is 5.00. The zero-order valence-electron chi connectivity index (χ0n) is 8.34. The van der Waals surface area contributed by atoms with E-state index in [0.29, 0.717) is 0 Å². The fourth-order valence-corrected chi connectivity index (χ4v) is 1.44. The van der Waals surface area contributed by atoms with Gasteiger partial charge in [0.05, 0.1) is 6.20 Å². The molecule has 0 radical (unpaired) electrons. The molecule has 2 nitrogen and oxygen atoms in total. The molecule has 0 aliphatic heterocycles. The number of nitrogens with zero attached hydrogens (tertiary/aromatic N) is 1. The highest BCUT2D eigenvalue weighted by Crippen LogP contribution is 2.10. The third-order valence-corrected chi connectivity index (χ3v) is 2.21. The molecule has 0 aliphatic rings. The van der Waals surface area contributed by atoms with Crippen LogP contribution in [0.3, 0.4) is 0 Å². The number of unbranched alkanes of at least 4 members (excludes halogenated alkanes) is 2. The van der Waals surface area contributed by atoms with Crippen molar-refractivity contribution in [1.29, 1.82) is 0 Å². The van der Waals surface area contributed by atoms with Gasteiger partial charge in [-0.1, -0.05) is 25.8 Å². The van der Waals surface area contributed by atoms with Gasteiger partial charge in [0.1, 0.15) is 0 Å². The van der Waals surface area contributed by atoms with Crippen LogP contribution in [0.25, 0.3) is 0 Å². The summed E-state index contributed by atoms with van der Waals surface area (Å²) in [6.45, 7) is 5.95. The van der Waals surface area contributed by atoms with Crippen LogP contribution in [0.1, 0.15) is 37.4 Å². The Bertz CT molecular complexity index is 250. The van der Waals surface area contributed by atoms with Crippen LogP contribution >= 0.6 is 0 Å². The van der Waals surface area contributed by atoms with E-state index in [1.165, 1.54) is 30.5 Å². The smallest absolute Gasteiger partial charge is 0.0522 e. The van der Waals surface area contributed by atoms with Crippen LogP contribution in [0.5, 0.6) is 0 Å². The van der Waals surface area contributed by atoms with Crippen LogP contribution in [0.2, 0.25) is 0 Å². The van der Waals surface area contributed by atoms with Gasteiger partial charge in [0, 0.05) is 12.1 Å². The molecule has 1 aromatic rings. The van der Waals surface area contributed by atoms with Gasteiger partial charge in [-0.15, -0.1) is 6.58 Å². The molecule has 13 heavy (non-hydrogen) atoms. The van der Waals surface area contributed by atoms with E-state index >= 15 is 0 Å². The predicted molar refractivity (Wildman–Crippen MR) is 55.7 cm³/mol. The summed E-state index contributed by atoms with van der Waals surface area (Å²) in [5, 5.41) is 7.06. The van der Waals surface area contributed by atoms with E-state index in [9.17, 15) is 0 Å². The largest absolute Gasteiger partial charge is 0.282 e. The first kappa shape index (κ1) is 10.0. The molecule has 1 heterocycles. The highest BCUT2D eigenvalue weighted by molar-refractivity contribution is 5.18. The lowest BCUT2D eigenvalue weighted by Gasteiger charge is -1.99. The Morgan fingerprint density at radius 3 is 3.08 bits per heavy atom. The summed E-state index contributed by atoms with van der Waals surface area (Å²) in [7, 11) is 0. The van der Waals surface area contributed by atoms with Crippen LogP contribution in [-0.4, -0.2) is 10.2 Å². The van der Waals surface area contributed by atoms with Crippen LogP contribution in [0.4, 0.5) is 0 Å². The average Bonchev–Trinajstić information content (AvgIpc) is 2.54. The lowest BCUT2D eigenvalue weighted by Crippen LogP contribution is -1.90. The van der Waals surface area contributed by atoms with Crippen molar-refractivity contribution in [3.8, 4) is 0 Å². The summed E-state index contributed by atoms with van der Waals surface area (Å²) in [6, 6.07) is 0. The number of nitrogens with one attached hydrogen (secondary N) is 1. The molecule has 72 valence electrons. The van der Waals surface area contributed by atoms with Gasteiger partial charge in [-0.2, -0.15) is 5.10 Å². The van der Waals surface area contributed by atoms with E-state index in [1.807, 2.05) is 12.3 Å². The second-order valence-corrected chi connectivity index (χ2v) is 3.32. The highest BCUT2D eigenvalue weighted by Gasteiger charge is 2.01. The topological polar surface area (TPSA) is 28.7 Å². The average molecular weight is 178 g/mol. The zero-order chi connectivity index (χ0) is 9.52. The van der Waals surface area contributed by atoms with Crippen LogP contribution < -0.4 is 0 Å². The lowest BCUT2D eigenvalue weighted by molar-refractivity contribution is 0.714. The first-order valence-electron chi connectivity index (χ1n) is 5.00. The van der Waals surface area contributed by atoms with E-state index in [4.69, 9.17) is 0 Å². The van der Waals surface area contributed by atoms with Gasteiger partial charge in [-0.05, 0) is 18.4 Å². The number of aryl methyl sites for hydroxylation is 1. The summed E-state index contributed by atoms with van der Waals surface area (Å²) in [5.41, 5.74) is 2.58. The van der Waals surface area contributed by atoms with Crippen molar-refractivity contribution in [2.75, 3.05) is 0 Å². The molecule has 0 amide bonds. The molecule has 0 saturated heterocycles. The minimum absolute atomic E-state index is 0.904. The third-order valence-electron chi connectivity index (χ3n) is 2.21. The van der Waals surface area contributed by atoms with E-state index in [1.54, 1.807) is 0 Å². The Kier molecular flexibility index (Phi) is 4.30. The molecule has 2 heteroatoms. The molecule has 0 unspecified atom stereocenters. The summed E-state index contributed by atoms with van der Waals surface area (Å²) in [6.07, 6.45) is 9.74. The molecule has 0 atom stereocenters. The van der Waals surface area contributed by atoms with Crippen molar-refractivity contribution in [2.45, 2.75) is 39.0 Å². The number of rotatable bonds is 6. The van der Waals surface area contributed by atoms with Crippen molar-refractivity contribution in [3.63, 3.8) is 0 Å². The fraction of sp³-hybridized carbons (Fsp3) is 0.545. The lowest BCUT2D eigenvalue weighted by atomic mass is 10.1. The Labute approximate surface area is 80.1 Å². The third kappa shape index (κ3) is 3.05. The van der Waals surface area contributed by atoms with Crippen molar-refractivity contribution < 1.29 is 0 Å². The maximum atomic E-state index is 4.05. The molecule has 0 fully saturated rings. The number of allylic oxidation sites excluding steroid dienone is 1. The first-order chi connectivity index (χ1) is 6.38. The summed E-state index contributed by atoms with van der Waals surface area (Å²) in [5.74, 6) is 0. The minimum atomic E-state index is 0.904. The van der Waals surface area contributed by atoms with E-state index < -0.39 is 0 Å². The molecule has 0 aromatic carbocycles. The molecule has 1 N–H and O–H groups in total. The summed E-state index contributed by atoms with van der Waals surface area (Å²) < 4.78 is 0. The van der Waals surface area contributed by atoms with Crippen molar-refractivity contribution in [2.24, 2.45) is 0 Å². The molecular weight excluding hydrogens is 160 g/mol. The Hall–Kier alpha value is -1.05. The number of hydrogen-bond acceptors (Lipinski definition) is 1. The Morgan fingerprint density at radius 1 is 1.54 bits per heavy atom. The van der Waals surface area contributed by atoms with Crippen molar-refractivity contribution >= 4 is 0 Å². The van der Waals surface area contributed by atoms with Crippen molar-refractivity contribution in [3.05, 3.63) is 30.1 Å². The monoisotopic (exact) mass is 178 g/mol. The number of hydrogen-bond donors (Lipinski definition) is 1. The SMILES string of the molecule is C=CCc1[nH]ncc1CCCCC. The van der Waals surface area contributed by atoms with Gasteiger partial charge < -0.3 is 0 Å². The van der Waals surface area contributed by atoms with Crippen LogP contribution in [0.15, 0.2) is 18.9 Å². The van der Waals surface area contributed by atoms with Gasteiger partial charge in [-0.25, -0.2) is 0 Å². The van der Waals surface area contributed by atoms with Crippen LogP contribution in [0, 0.1) is 0 Å². The number of aromatic nitrogens is 2. The maximum absolute atomic E-state index is 4.05. The normalized spacial score (nSPS) is 10.2. The highest BCUT2D eigenvalue weighted by atomic mass is 15.1. The molecule has 1 aromatic heterocycles. The van der Waals surface area contributed by atoms with E-state index in [-0.39, 0.29) is 0 Å².